The van der Waals surface area contributed by atoms with E-state index < -0.39 is 5.54 Å². The first kappa shape index (κ1) is 13.9. The summed E-state index contributed by atoms with van der Waals surface area (Å²) in [5, 5.41) is 12.8. The fraction of sp³-hybridized carbons (Fsp3) is 0.583. The van der Waals surface area contributed by atoms with Crippen molar-refractivity contribution in [2.75, 3.05) is 12.8 Å². The van der Waals surface area contributed by atoms with E-state index in [0.717, 1.165) is 30.2 Å². The summed E-state index contributed by atoms with van der Waals surface area (Å²) >= 11 is 1.66. The fourth-order valence-electron chi connectivity index (χ4n) is 1.34. The van der Waals surface area contributed by atoms with Gasteiger partial charge in [-0.05, 0) is 39.3 Å². The largest absolute Gasteiger partial charge is 0.303 e. The topological polar surface area (TPSA) is 61.6 Å². The minimum Gasteiger partial charge on any atom is -0.303 e. The zero-order valence-corrected chi connectivity index (χ0v) is 11.1. The molecule has 1 rings (SSSR count). The van der Waals surface area contributed by atoms with E-state index in [0.29, 0.717) is 0 Å². The molecule has 1 aromatic rings. The third-order valence-corrected chi connectivity index (χ3v) is 3.60. The van der Waals surface area contributed by atoms with Crippen LogP contribution in [0.3, 0.4) is 0 Å². The molecule has 5 heteroatoms. The predicted octanol–water partition coefficient (Wildman–Crippen LogP) is 2.24. The molecule has 0 fully saturated rings. The molecule has 0 aliphatic carbocycles. The fourth-order valence-corrected chi connectivity index (χ4v) is 2.14. The molecule has 0 aliphatic heterocycles. The molecule has 0 aromatic carbocycles. The SMILES string of the molecule is CNC(C)(C#N)CCCCSc1ncccn1. The normalized spacial score (nSPS) is 13.9. The lowest BCUT2D eigenvalue weighted by Crippen LogP contribution is -2.37. The molecular weight excluding hydrogens is 232 g/mol. The summed E-state index contributed by atoms with van der Waals surface area (Å²) in [6.07, 6.45) is 6.48. The van der Waals surface area contributed by atoms with Crippen molar-refractivity contribution < 1.29 is 0 Å². The van der Waals surface area contributed by atoms with Gasteiger partial charge in [0, 0.05) is 18.1 Å². The number of hydrogen-bond acceptors (Lipinski definition) is 5. The molecule has 92 valence electrons. The quantitative estimate of drug-likeness (QED) is 0.457. The zero-order valence-electron chi connectivity index (χ0n) is 10.3. The van der Waals surface area contributed by atoms with E-state index in [4.69, 9.17) is 5.26 Å². The Kier molecular flexibility index (Phi) is 5.95. The number of nitriles is 1. The molecule has 4 nitrogen and oxygen atoms in total. The van der Waals surface area contributed by atoms with Crippen molar-refractivity contribution in [3.63, 3.8) is 0 Å². The van der Waals surface area contributed by atoms with Crippen LogP contribution >= 0.6 is 11.8 Å². The molecule has 1 unspecified atom stereocenters. The van der Waals surface area contributed by atoms with Crippen LogP contribution < -0.4 is 5.32 Å². The number of unbranched alkanes of at least 4 members (excludes halogenated alkanes) is 1. The predicted molar refractivity (Wildman–Crippen MR) is 69.7 cm³/mol. The van der Waals surface area contributed by atoms with Crippen LogP contribution in [0.25, 0.3) is 0 Å². The van der Waals surface area contributed by atoms with E-state index in [1.165, 1.54) is 0 Å². The van der Waals surface area contributed by atoms with Crippen LogP contribution in [0, 0.1) is 11.3 Å². The lowest BCUT2D eigenvalue weighted by atomic mass is 9.97. The summed E-state index contributed by atoms with van der Waals surface area (Å²) in [6, 6.07) is 4.11. The Labute approximate surface area is 107 Å². The van der Waals surface area contributed by atoms with E-state index in [1.807, 2.05) is 20.0 Å². The average molecular weight is 250 g/mol. The molecule has 0 aliphatic rings. The van der Waals surface area contributed by atoms with Gasteiger partial charge >= 0.3 is 0 Å². The number of rotatable bonds is 7. The summed E-state index contributed by atoms with van der Waals surface area (Å²) in [4.78, 5) is 8.29. The second kappa shape index (κ2) is 7.25. The highest BCUT2D eigenvalue weighted by Crippen LogP contribution is 2.17. The van der Waals surface area contributed by atoms with Gasteiger partial charge in [-0.2, -0.15) is 5.26 Å². The highest BCUT2D eigenvalue weighted by atomic mass is 32.2. The van der Waals surface area contributed by atoms with Gasteiger partial charge in [0.1, 0.15) is 5.54 Å². The van der Waals surface area contributed by atoms with Crippen LogP contribution in [-0.2, 0) is 0 Å². The molecule has 0 spiro atoms. The van der Waals surface area contributed by atoms with Crippen molar-refractivity contribution in [1.29, 1.82) is 5.26 Å². The Bertz CT molecular complexity index is 363. The van der Waals surface area contributed by atoms with Gasteiger partial charge in [-0.25, -0.2) is 9.97 Å². The highest BCUT2D eigenvalue weighted by molar-refractivity contribution is 7.99. The van der Waals surface area contributed by atoms with Crippen LogP contribution in [0.15, 0.2) is 23.6 Å². The molecule has 1 N–H and O–H groups in total. The molecule has 17 heavy (non-hydrogen) atoms. The van der Waals surface area contributed by atoms with Gasteiger partial charge in [-0.1, -0.05) is 11.8 Å². The van der Waals surface area contributed by atoms with Crippen LogP contribution in [0.1, 0.15) is 26.2 Å². The van der Waals surface area contributed by atoms with Crippen LogP contribution in [-0.4, -0.2) is 28.3 Å². The molecule has 0 saturated heterocycles. The highest BCUT2D eigenvalue weighted by Gasteiger charge is 2.19. The first-order chi connectivity index (χ1) is 8.20. The van der Waals surface area contributed by atoms with Crippen molar-refractivity contribution in [1.82, 2.24) is 15.3 Å². The third-order valence-electron chi connectivity index (χ3n) is 2.64. The number of thioether (sulfide) groups is 1. The summed E-state index contributed by atoms with van der Waals surface area (Å²) in [6.45, 7) is 1.93. The maximum atomic E-state index is 8.98. The Hall–Kier alpha value is -1.12. The van der Waals surface area contributed by atoms with E-state index in [-0.39, 0.29) is 0 Å². The Morgan fingerprint density at radius 3 is 2.71 bits per heavy atom. The zero-order chi connectivity index (χ0) is 12.6. The molecule has 0 amide bonds. The van der Waals surface area contributed by atoms with Crippen molar-refractivity contribution in [3.8, 4) is 6.07 Å². The Morgan fingerprint density at radius 2 is 2.12 bits per heavy atom. The van der Waals surface area contributed by atoms with Gasteiger partial charge in [-0.3, -0.25) is 0 Å². The molecule has 0 saturated carbocycles. The van der Waals surface area contributed by atoms with Gasteiger partial charge in [0.25, 0.3) is 0 Å². The summed E-state index contributed by atoms with van der Waals surface area (Å²) in [5.74, 6) is 0.995. The smallest absolute Gasteiger partial charge is 0.187 e. The first-order valence-corrected chi connectivity index (χ1v) is 6.69. The van der Waals surface area contributed by atoms with Gasteiger partial charge in [0.2, 0.25) is 0 Å². The van der Waals surface area contributed by atoms with Gasteiger partial charge in [-0.15, -0.1) is 0 Å². The van der Waals surface area contributed by atoms with Gasteiger partial charge in [0.05, 0.1) is 6.07 Å². The molecule has 1 atom stereocenters. The van der Waals surface area contributed by atoms with Crippen LogP contribution in [0.5, 0.6) is 0 Å². The minimum atomic E-state index is -0.395. The monoisotopic (exact) mass is 250 g/mol. The molecule has 1 heterocycles. The Balaban J connectivity index is 2.16. The molecular formula is C12H18N4S. The summed E-state index contributed by atoms with van der Waals surface area (Å²) in [7, 11) is 1.83. The second-order valence-corrected chi connectivity index (χ2v) is 5.09. The van der Waals surface area contributed by atoms with Crippen molar-refractivity contribution in [3.05, 3.63) is 18.5 Å². The van der Waals surface area contributed by atoms with Gasteiger partial charge < -0.3 is 5.32 Å². The standard InChI is InChI=1S/C12H18N4S/c1-12(10-13,14-2)6-3-4-9-17-11-15-7-5-8-16-11/h5,7-8,14H,3-4,6,9H2,1-2H3. The van der Waals surface area contributed by atoms with Crippen molar-refractivity contribution >= 4 is 11.8 Å². The van der Waals surface area contributed by atoms with Crippen LogP contribution in [0.4, 0.5) is 0 Å². The number of nitrogens with zero attached hydrogens (tertiary/aromatic N) is 3. The second-order valence-electron chi connectivity index (χ2n) is 4.03. The number of nitrogens with one attached hydrogen (secondary N) is 1. The average Bonchev–Trinajstić information content (AvgIpc) is 2.39. The van der Waals surface area contributed by atoms with Crippen molar-refractivity contribution in [2.24, 2.45) is 0 Å². The lowest BCUT2D eigenvalue weighted by Gasteiger charge is -2.20. The van der Waals surface area contributed by atoms with E-state index >= 15 is 0 Å². The minimum absolute atomic E-state index is 0.395. The summed E-state index contributed by atoms with van der Waals surface area (Å²) < 4.78 is 0. The Morgan fingerprint density at radius 1 is 1.41 bits per heavy atom. The lowest BCUT2D eigenvalue weighted by molar-refractivity contribution is 0.439. The first-order valence-electron chi connectivity index (χ1n) is 5.70. The molecule has 1 aromatic heterocycles. The van der Waals surface area contributed by atoms with E-state index in [9.17, 15) is 0 Å². The third kappa shape index (κ3) is 5.16. The number of aromatic nitrogens is 2. The summed E-state index contributed by atoms with van der Waals surface area (Å²) in [5.41, 5.74) is -0.395. The molecule has 0 bridgehead atoms. The molecule has 0 radical (unpaired) electrons. The maximum absolute atomic E-state index is 8.98. The maximum Gasteiger partial charge on any atom is 0.187 e. The van der Waals surface area contributed by atoms with E-state index in [1.54, 1.807) is 24.2 Å². The van der Waals surface area contributed by atoms with Gasteiger partial charge in [0.15, 0.2) is 5.16 Å². The number of hydrogen-bond donors (Lipinski definition) is 1. The van der Waals surface area contributed by atoms with Crippen LogP contribution in [0.2, 0.25) is 0 Å². The van der Waals surface area contributed by atoms with E-state index in [2.05, 4.69) is 21.4 Å². The van der Waals surface area contributed by atoms with Crippen molar-refractivity contribution in [2.45, 2.75) is 36.9 Å².